The van der Waals surface area contributed by atoms with Crippen LogP contribution in [0.25, 0.3) is 0 Å². The van der Waals surface area contributed by atoms with Gasteiger partial charge in [-0.1, -0.05) is 24.7 Å². The molecule has 9 heteroatoms. The van der Waals surface area contributed by atoms with E-state index in [-0.39, 0.29) is 36.3 Å². The van der Waals surface area contributed by atoms with Crippen molar-refractivity contribution in [2.24, 2.45) is 5.92 Å². The second-order valence-corrected chi connectivity index (χ2v) is 9.17. The fourth-order valence-electron chi connectivity index (χ4n) is 4.70. The van der Waals surface area contributed by atoms with Crippen molar-refractivity contribution in [3.8, 4) is 0 Å². The van der Waals surface area contributed by atoms with E-state index in [1.807, 2.05) is 0 Å². The van der Waals surface area contributed by atoms with Gasteiger partial charge in [0, 0.05) is 12.8 Å². The average Bonchev–Trinajstić information content (AvgIpc) is 3.36. The number of anilines is 1. The Morgan fingerprint density at radius 2 is 1.97 bits per heavy atom. The maximum Gasteiger partial charge on any atom is 0.501 e. The molecule has 2 saturated carbocycles. The Hall–Kier alpha value is -2.16. The number of imide groups is 1. The highest BCUT2D eigenvalue weighted by atomic mass is 32.1. The third-order valence-electron chi connectivity index (χ3n) is 6.07. The lowest BCUT2D eigenvalue weighted by atomic mass is 9.92. The van der Waals surface area contributed by atoms with Gasteiger partial charge in [0.25, 0.3) is 5.91 Å². The number of carbonyl (C=O) groups is 3. The summed E-state index contributed by atoms with van der Waals surface area (Å²) in [4.78, 5) is 40.4. The zero-order valence-corrected chi connectivity index (χ0v) is 17.7. The fraction of sp³-hybridized carbons (Fsp3) is 0.700. The first-order chi connectivity index (χ1) is 14.1. The van der Waals surface area contributed by atoms with Gasteiger partial charge in [0.05, 0.1) is 5.71 Å². The van der Waals surface area contributed by atoms with Crippen molar-refractivity contribution in [2.75, 3.05) is 11.9 Å². The molecule has 29 heavy (non-hydrogen) atoms. The standard InChI is InChI=1S/C20H27N5O3S/c1-2-7-17-22-23-19(29-17)21-16(26)12-24-15-11-6-10-14(15)18(27)25(20(24)28)13-8-4-3-5-9-13/h13-14H,2-12H2,1H3/p+1. The van der Waals surface area contributed by atoms with Crippen LogP contribution in [0, 0.1) is 5.92 Å². The predicted molar refractivity (Wildman–Crippen MR) is 109 cm³/mol. The molecule has 1 aromatic heterocycles. The number of hydrogen-bond acceptors (Lipinski definition) is 6. The smallest absolute Gasteiger partial charge is 0.297 e. The lowest BCUT2D eigenvalue weighted by molar-refractivity contribution is -0.430. The van der Waals surface area contributed by atoms with E-state index in [4.69, 9.17) is 0 Å². The molecule has 0 bridgehead atoms. The van der Waals surface area contributed by atoms with Crippen LogP contribution in [-0.2, 0) is 16.0 Å². The van der Waals surface area contributed by atoms with Crippen LogP contribution >= 0.6 is 11.3 Å². The van der Waals surface area contributed by atoms with Crippen LogP contribution in [0.3, 0.4) is 0 Å². The SMILES string of the molecule is CCCc1nnc(NC(=O)C[N+]2=C3CCCC3C(=O)N(C3CCCCC3)C2=O)s1. The third kappa shape index (κ3) is 4.10. The summed E-state index contributed by atoms with van der Waals surface area (Å²) in [5.74, 6) is -0.604. The number of nitrogens with zero attached hydrogens (tertiary/aromatic N) is 4. The molecule has 4 amide bonds. The van der Waals surface area contributed by atoms with Gasteiger partial charge in [-0.15, -0.1) is 10.2 Å². The fourth-order valence-corrected chi connectivity index (χ4v) is 5.56. The lowest BCUT2D eigenvalue weighted by Crippen LogP contribution is -2.58. The molecule has 2 aliphatic carbocycles. The molecule has 0 saturated heterocycles. The second-order valence-electron chi connectivity index (χ2n) is 8.10. The van der Waals surface area contributed by atoms with E-state index in [2.05, 4.69) is 22.4 Å². The van der Waals surface area contributed by atoms with Crippen molar-refractivity contribution < 1.29 is 19.0 Å². The van der Waals surface area contributed by atoms with Gasteiger partial charge < -0.3 is 0 Å². The summed E-state index contributed by atoms with van der Waals surface area (Å²) in [5.41, 5.74) is 0.811. The number of hydrogen-bond donors (Lipinski definition) is 1. The molecule has 1 aromatic rings. The molecule has 8 nitrogen and oxygen atoms in total. The summed E-state index contributed by atoms with van der Waals surface area (Å²) in [6, 6.07) is -0.356. The van der Waals surface area contributed by atoms with Crippen LogP contribution in [0.1, 0.15) is 69.7 Å². The molecule has 1 N–H and O–H groups in total. The molecule has 0 aromatic carbocycles. The Kier molecular flexibility index (Phi) is 6.03. The Bertz CT molecular complexity index is 843. The van der Waals surface area contributed by atoms with E-state index >= 15 is 0 Å². The Balaban J connectivity index is 1.52. The summed E-state index contributed by atoms with van der Waals surface area (Å²) >= 11 is 1.36. The van der Waals surface area contributed by atoms with Gasteiger partial charge in [-0.05, 0) is 44.9 Å². The van der Waals surface area contributed by atoms with E-state index in [1.54, 1.807) is 4.58 Å². The Morgan fingerprint density at radius 1 is 1.17 bits per heavy atom. The first kappa shape index (κ1) is 20.1. The largest absolute Gasteiger partial charge is 0.501 e. The number of aryl methyl sites for hydroxylation is 1. The van der Waals surface area contributed by atoms with Gasteiger partial charge in [0.1, 0.15) is 17.0 Å². The summed E-state index contributed by atoms with van der Waals surface area (Å²) < 4.78 is 1.55. The average molecular weight is 419 g/mol. The Morgan fingerprint density at radius 3 is 2.72 bits per heavy atom. The van der Waals surface area contributed by atoms with Crippen molar-refractivity contribution in [3.05, 3.63) is 5.01 Å². The van der Waals surface area contributed by atoms with E-state index < -0.39 is 0 Å². The van der Waals surface area contributed by atoms with E-state index in [0.717, 1.165) is 68.5 Å². The maximum atomic E-state index is 13.3. The number of carbonyl (C=O) groups excluding carboxylic acids is 3. The third-order valence-corrected chi connectivity index (χ3v) is 6.96. The van der Waals surface area contributed by atoms with Crippen LogP contribution < -0.4 is 5.32 Å². The number of nitrogens with one attached hydrogen (secondary N) is 1. The quantitative estimate of drug-likeness (QED) is 0.717. The molecular weight excluding hydrogens is 390 g/mol. The van der Waals surface area contributed by atoms with Crippen LogP contribution in [0.15, 0.2) is 0 Å². The molecule has 2 heterocycles. The van der Waals surface area contributed by atoms with Gasteiger partial charge >= 0.3 is 11.9 Å². The molecule has 156 valence electrons. The molecule has 1 unspecified atom stereocenters. The normalized spacial score (nSPS) is 22.9. The minimum atomic E-state index is -0.325. The van der Waals surface area contributed by atoms with Gasteiger partial charge in [-0.2, -0.15) is 14.3 Å². The second kappa shape index (κ2) is 8.69. The van der Waals surface area contributed by atoms with Crippen molar-refractivity contribution in [3.63, 3.8) is 0 Å². The van der Waals surface area contributed by atoms with E-state index in [1.165, 1.54) is 16.2 Å². The minimum Gasteiger partial charge on any atom is -0.297 e. The molecular formula is C20H28N5O3S+. The first-order valence-corrected chi connectivity index (χ1v) is 11.5. The minimum absolute atomic E-state index is 0.0313. The number of aromatic nitrogens is 2. The first-order valence-electron chi connectivity index (χ1n) is 10.7. The number of rotatable bonds is 6. The molecule has 0 radical (unpaired) electrons. The predicted octanol–water partition coefficient (Wildman–Crippen LogP) is 2.98. The highest BCUT2D eigenvalue weighted by Crippen LogP contribution is 2.32. The zero-order chi connectivity index (χ0) is 20.4. The maximum absolute atomic E-state index is 13.3. The summed E-state index contributed by atoms with van der Waals surface area (Å²) in [6.07, 6.45) is 9.11. The number of amides is 4. The zero-order valence-electron chi connectivity index (χ0n) is 16.9. The molecule has 3 aliphatic rings. The van der Waals surface area contributed by atoms with Gasteiger partial charge in [-0.25, -0.2) is 4.79 Å². The molecule has 1 atom stereocenters. The number of urea groups is 1. The van der Waals surface area contributed by atoms with Crippen LogP contribution in [0.2, 0.25) is 0 Å². The van der Waals surface area contributed by atoms with Crippen molar-refractivity contribution in [1.29, 1.82) is 0 Å². The highest BCUT2D eigenvalue weighted by molar-refractivity contribution is 7.15. The van der Waals surface area contributed by atoms with Crippen LogP contribution in [0.5, 0.6) is 0 Å². The summed E-state index contributed by atoms with van der Waals surface area (Å²) in [5, 5.41) is 12.2. The topological polar surface area (TPSA) is 95.3 Å². The van der Waals surface area contributed by atoms with Crippen molar-refractivity contribution in [2.45, 2.75) is 77.2 Å². The van der Waals surface area contributed by atoms with Crippen molar-refractivity contribution in [1.82, 2.24) is 15.1 Å². The monoisotopic (exact) mass is 418 g/mol. The van der Waals surface area contributed by atoms with Crippen molar-refractivity contribution >= 4 is 40.0 Å². The van der Waals surface area contributed by atoms with E-state index in [0.29, 0.717) is 11.6 Å². The molecule has 2 fully saturated rings. The van der Waals surface area contributed by atoms with E-state index in [9.17, 15) is 14.4 Å². The van der Waals surface area contributed by atoms with Gasteiger partial charge in [0.15, 0.2) is 6.54 Å². The molecule has 0 spiro atoms. The molecule has 1 aliphatic heterocycles. The highest BCUT2D eigenvalue weighted by Gasteiger charge is 2.52. The molecule has 4 rings (SSSR count). The number of fused-ring (bicyclic) bond motifs is 1. The van der Waals surface area contributed by atoms with Gasteiger partial charge in [0.2, 0.25) is 5.13 Å². The van der Waals surface area contributed by atoms with Gasteiger partial charge in [-0.3, -0.25) is 10.1 Å². The summed E-state index contributed by atoms with van der Waals surface area (Å²) in [7, 11) is 0. The van der Waals surface area contributed by atoms with Crippen LogP contribution in [0.4, 0.5) is 9.93 Å². The lowest BCUT2D eigenvalue weighted by Gasteiger charge is -2.31. The Labute approximate surface area is 174 Å². The van der Waals surface area contributed by atoms with Crippen LogP contribution in [-0.4, -0.2) is 55.8 Å². The summed E-state index contributed by atoms with van der Waals surface area (Å²) in [6.45, 7) is 1.99.